The first-order valence-electron chi connectivity index (χ1n) is 6.58. The third-order valence-electron chi connectivity index (χ3n) is 3.08. The van der Waals surface area contributed by atoms with Crippen LogP contribution in [0, 0.1) is 13.8 Å². The highest BCUT2D eigenvalue weighted by molar-refractivity contribution is 5.82. The number of aliphatic carboxylic acids is 1. The minimum atomic E-state index is -1.10. The molecule has 118 valence electrons. The van der Waals surface area contributed by atoms with Crippen LogP contribution in [0.1, 0.15) is 36.4 Å². The molecule has 3 N–H and O–H groups in total. The molecule has 0 bridgehead atoms. The van der Waals surface area contributed by atoms with Gasteiger partial charge in [0.05, 0.1) is 11.7 Å². The van der Waals surface area contributed by atoms with Crippen LogP contribution in [0.3, 0.4) is 0 Å². The Morgan fingerprint density at radius 2 is 2.05 bits per heavy atom. The van der Waals surface area contributed by atoms with Crippen molar-refractivity contribution in [2.45, 2.75) is 39.3 Å². The van der Waals surface area contributed by atoms with Crippen LogP contribution in [0.2, 0.25) is 0 Å². The highest BCUT2D eigenvalue weighted by atomic mass is 16.5. The molecule has 1 aromatic heterocycles. The number of rotatable bonds is 7. The molecule has 0 saturated heterocycles. The van der Waals surface area contributed by atoms with Gasteiger partial charge in [-0.2, -0.15) is 0 Å². The molecule has 0 saturated carbocycles. The lowest BCUT2D eigenvalue weighted by molar-refractivity contribution is -0.139. The molecule has 1 aromatic rings. The van der Waals surface area contributed by atoms with Crippen LogP contribution < -0.4 is 10.6 Å². The number of methoxy groups -OCH3 is 1. The summed E-state index contributed by atoms with van der Waals surface area (Å²) in [6.45, 7) is 5.55. The predicted octanol–water partition coefficient (Wildman–Crippen LogP) is 1.14. The molecular formula is C13H21N3O5. The molecule has 21 heavy (non-hydrogen) atoms. The second-order valence-corrected chi connectivity index (χ2v) is 4.75. The van der Waals surface area contributed by atoms with Gasteiger partial charge in [-0.05, 0) is 20.8 Å². The summed E-state index contributed by atoms with van der Waals surface area (Å²) in [5.41, 5.74) is 1.48. The average molecular weight is 299 g/mol. The van der Waals surface area contributed by atoms with Crippen molar-refractivity contribution in [3.05, 3.63) is 17.0 Å². The number of ether oxygens (including phenoxy) is 1. The SMILES string of the molecule is COCCC(NC(=O)NC(C)c1c(C)noc1C)C(=O)O. The Kier molecular flexibility index (Phi) is 6.16. The summed E-state index contributed by atoms with van der Waals surface area (Å²) < 4.78 is 9.86. The van der Waals surface area contributed by atoms with E-state index in [1.807, 2.05) is 0 Å². The zero-order chi connectivity index (χ0) is 16.0. The van der Waals surface area contributed by atoms with Gasteiger partial charge >= 0.3 is 12.0 Å². The molecule has 2 unspecified atom stereocenters. The van der Waals surface area contributed by atoms with Gasteiger partial charge in [0, 0.05) is 25.7 Å². The van der Waals surface area contributed by atoms with E-state index in [0.717, 1.165) is 5.56 Å². The number of hydrogen-bond acceptors (Lipinski definition) is 5. The molecular weight excluding hydrogens is 278 g/mol. The van der Waals surface area contributed by atoms with Gasteiger partial charge in [-0.25, -0.2) is 9.59 Å². The fourth-order valence-corrected chi connectivity index (χ4v) is 2.07. The quantitative estimate of drug-likeness (QED) is 0.695. The summed E-state index contributed by atoms with van der Waals surface area (Å²) >= 11 is 0. The molecule has 1 rings (SSSR count). The van der Waals surface area contributed by atoms with E-state index in [-0.39, 0.29) is 19.1 Å². The van der Waals surface area contributed by atoms with E-state index >= 15 is 0 Å². The van der Waals surface area contributed by atoms with Crippen molar-refractivity contribution in [1.29, 1.82) is 0 Å². The molecule has 0 spiro atoms. The van der Waals surface area contributed by atoms with Crippen LogP contribution in [0.25, 0.3) is 0 Å². The fourth-order valence-electron chi connectivity index (χ4n) is 2.07. The van der Waals surface area contributed by atoms with Crippen molar-refractivity contribution in [1.82, 2.24) is 15.8 Å². The van der Waals surface area contributed by atoms with Gasteiger partial charge in [-0.15, -0.1) is 0 Å². The van der Waals surface area contributed by atoms with E-state index in [0.29, 0.717) is 11.5 Å². The van der Waals surface area contributed by atoms with Crippen LogP contribution in [0.4, 0.5) is 4.79 Å². The number of hydrogen-bond donors (Lipinski definition) is 3. The summed E-state index contributed by atoms with van der Waals surface area (Å²) in [5, 5.41) is 17.9. The smallest absolute Gasteiger partial charge is 0.326 e. The molecule has 2 atom stereocenters. The lowest BCUT2D eigenvalue weighted by Crippen LogP contribution is -2.47. The van der Waals surface area contributed by atoms with Gasteiger partial charge in [0.1, 0.15) is 11.8 Å². The molecule has 0 aliphatic heterocycles. The molecule has 8 heteroatoms. The van der Waals surface area contributed by atoms with E-state index in [9.17, 15) is 9.59 Å². The van der Waals surface area contributed by atoms with Crippen LogP contribution in [0.5, 0.6) is 0 Å². The highest BCUT2D eigenvalue weighted by Gasteiger charge is 2.22. The number of aromatic nitrogens is 1. The number of carbonyl (C=O) groups is 2. The van der Waals surface area contributed by atoms with Gasteiger partial charge in [-0.3, -0.25) is 0 Å². The molecule has 0 fully saturated rings. The van der Waals surface area contributed by atoms with Crippen molar-refractivity contribution in [3.8, 4) is 0 Å². The van der Waals surface area contributed by atoms with Crippen LogP contribution >= 0.6 is 0 Å². The summed E-state index contributed by atoms with van der Waals surface area (Å²) in [4.78, 5) is 22.9. The Balaban J connectivity index is 2.61. The molecule has 8 nitrogen and oxygen atoms in total. The van der Waals surface area contributed by atoms with Crippen molar-refractivity contribution < 1.29 is 24.0 Å². The number of nitrogens with zero attached hydrogens (tertiary/aromatic N) is 1. The largest absolute Gasteiger partial charge is 0.480 e. The van der Waals surface area contributed by atoms with Crippen molar-refractivity contribution in [3.63, 3.8) is 0 Å². The van der Waals surface area contributed by atoms with Crippen molar-refractivity contribution in [2.75, 3.05) is 13.7 Å². The Morgan fingerprint density at radius 1 is 1.38 bits per heavy atom. The second-order valence-electron chi connectivity index (χ2n) is 4.75. The fraction of sp³-hybridized carbons (Fsp3) is 0.615. The van der Waals surface area contributed by atoms with Crippen molar-refractivity contribution >= 4 is 12.0 Å². The Morgan fingerprint density at radius 3 is 2.52 bits per heavy atom. The van der Waals surface area contributed by atoms with Gasteiger partial charge in [0.15, 0.2) is 0 Å². The Hall–Kier alpha value is -2.09. The molecule has 1 heterocycles. The first-order valence-corrected chi connectivity index (χ1v) is 6.58. The monoisotopic (exact) mass is 299 g/mol. The maximum absolute atomic E-state index is 11.9. The minimum absolute atomic E-state index is 0.193. The zero-order valence-electron chi connectivity index (χ0n) is 12.6. The summed E-state index contributed by atoms with van der Waals surface area (Å²) in [5.74, 6) is -0.485. The van der Waals surface area contributed by atoms with E-state index in [1.165, 1.54) is 7.11 Å². The van der Waals surface area contributed by atoms with Crippen LogP contribution in [-0.2, 0) is 9.53 Å². The molecule has 0 aliphatic carbocycles. The predicted molar refractivity (Wildman–Crippen MR) is 74.0 cm³/mol. The zero-order valence-corrected chi connectivity index (χ0v) is 12.6. The minimum Gasteiger partial charge on any atom is -0.480 e. The standard InChI is InChI=1S/C13H21N3O5/c1-7(11-8(2)16-21-9(11)3)14-13(19)15-10(12(17)18)5-6-20-4/h7,10H,5-6H2,1-4H3,(H,17,18)(H2,14,15,19). The maximum atomic E-state index is 11.9. The van der Waals surface area contributed by atoms with E-state index < -0.39 is 18.0 Å². The van der Waals surface area contributed by atoms with Crippen LogP contribution in [0.15, 0.2) is 4.52 Å². The van der Waals surface area contributed by atoms with Gasteiger partial charge in [-0.1, -0.05) is 5.16 Å². The third-order valence-corrected chi connectivity index (χ3v) is 3.08. The number of nitrogens with one attached hydrogen (secondary N) is 2. The number of amides is 2. The topological polar surface area (TPSA) is 114 Å². The summed E-state index contributed by atoms with van der Waals surface area (Å²) in [7, 11) is 1.47. The number of carboxylic acid groups (broad SMARTS) is 1. The highest BCUT2D eigenvalue weighted by Crippen LogP contribution is 2.20. The second kappa shape index (κ2) is 7.63. The first-order chi connectivity index (χ1) is 9.86. The van der Waals surface area contributed by atoms with Crippen LogP contribution in [-0.4, -0.2) is 42.0 Å². The molecule has 2 amide bonds. The molecule has 0 radical (unpaired) electrons. The third kappa shape index (κ3) is 4.75. The van der Waals surface area contributed by atoms with Crippen molar-refractivity contribution in [2.24, 2.45) is 0 Å². The first kappa shape index (κ1) is 17.0. The number of carboxylic acids is 1. The normalized spacial score (nSPS) is 13.5. The molecule has 0 aliphatic rings. The van der Waals surface area contributed by atoms with E-state index in [4.69, 9.17) is 14.4 Å². The van der Waals surface area contributed by atoms with E-state index in [2.05, 4.69) is 15.8 Å². The molecule has 0 aromatic carbocycles. The lowest BCUT2D eigenvalue weighted by atomic mass is 10.1. The van der Waals surface area contributed by atoms with Gasteiger partial charge < -0.3 is 25.0 Å². The average Bonchev–Trinajstić information content (AvgIpc) is 2.73. The number of aryl methyl sites for hydroxylation is 2. The Bertz CT molecular complexity index is 480. The van der Waals surface area contributed by atoms with E-state index in [1.54, 1.807) is 20.8 Å². The van der Waals surface area contributed by atoms with Gasteiger partial charge in [0.2, 0.25) is 0 Å². The maximum Gasteiger partial charge on any atom is 0.326 e. The Labute approximate surface area is 122 Å². The number of carbonyl (C=O) groups excluding carboxylic acids is 1. The number of urea groups is 1. The lowest BCUT2D eigenvalue weighted by Gasteiger charge is -2.18. The summed E-state index contributed by atoms with van der Waals surface area (Å²) in [6, 6.07) is -1.90. The van der Waals surface area contributed by atoms with Gasteiger partial charge in [0.25, 0.3) is 0 Å². The summed E-state index contributed by atoms with van der Waals surface area (Å²) in [6.07, 6.45) is 0.193.